The Bertz CT molecular complexity index is 3190. The minimum absolute atomic E-state index is 0.0491. The van der Waals surface area contributed by atoms with Crippen molar-refractivity contribution in [1.82, 2.24) is 18.8 Å². The first-order chi connectivity index (χ1) is 24.9. The zero-order valence-corrected chi connectivity index (χ0v) is 29.3. The molecule has 0 unspecified atom stereocenters. The van der Waals surface area contributed by atoms with Gasteiger partial charge in [0.15, 0.2) is 9.92 Å². The number of fused-ring (bicyclic) bond motifs is 8. The van der Waals surface area contributed by atoms with Gasteiger partial charge in [-0.25, -0.2) is 9.97 Å². The normalized spacial score (nSPS) is 12.0. The molecular weight excluding hydrogens is 669 g/mol. The number of hydrogen-bond donors (Lipinski definition) is 0. The molecule has 0 fully saturated rings. The lowest BCUT2D eigenvalue weighted by Crippen LogP contribution is -2.13. The summed E-state index contributed by atoms with van der Waals surface area (Å²) in [5, 5.41) is 1.22. The van der Waals surface area contributed by atoms with Crippen LogP contribution in [0.15, 0.2) is 131 Å². The van der Waals surface area contributed by atoms with Gasteiger partial charge in [-0.2, -0.15) is 0 Å². The molecule has 0 radical (unpaired) electrons. The van der Waals surface area contributed by atoms with E-state index in [2.05, 4.69) is 74.5 Å². The second kappa shape index (κ2) is 11.3. The summed E-state index contributed by atoms with van der Waals surface area (Å²) in [7, 11) is 0. The monoisotopic (exact) mass is 696 g/mol. The molecule has 0 bridgehead atoms. The molecule has 0 N–H and O–H groups in total. The van der Waals surface area contributed by atoms with Crippen LogP contribution in [0.1, 0.15) is 22.3 Å². The maximum Gasteiger partial charge on any atom is 0.266 e. The van der Waals surface area contributed by atoms with Gasteiger partial charge < -0.3 is 0 Å². The predicted octanol–water partition coefficient (Wildman–Crippen LogP) is 9.98. The first-order valence-electron chi connectivity index (χ1n) is 16.8. The smallest absolute Gasteiger partial charge is 0.266 e. The third kappa shape index (κ3) is 4.90. The van der Waals surface area contributed by atoms with E-state index in [1.807, 2.05) is 60.7 Å². The molecule has 0 aliphatic heterocycles. The maximum atomic E-state index is 13.9. The molecule has 10 aromatic rings. The first-order valence-corrected chi connectivity index (χ1v) is 18.4. The van der Waals surface area contributed by atoms with E-state index in [-0.39, 0.29) is 11.1 Å². The molecule has 0 saturated heterocycles. The molecule has 0 aliphatic rings. The molecule has 0 aliphatic carbocycles. The summed E-state index contributed by atoms with van der Waals surface area (Å²) >= 11 is 3.07. The number of nitrogens with zero attached hydrogens (tertiary/aromatic N) is 4. The second-order valence-electron chi connectivity index (χ2n) is 13.3. The van der Waals surface area contributed by atoms with Crippen molar-refractivity contribution in [2.24, 2.45) is 0 Å². The van der Waals surface area contributed by atoms with E-state index in [4.69, 9.17) is 9.97 Å². The predicted molar refractivity (Wildman–Crippen MR) is 212 cm³/mol. The molecule has 0 saturated carbocycles. The van der Waals surface area contributed by atoms with Gasteiger partial charge in [-0.3, -0.25) is 18.4 Å². The van der Waals surface area contributed by atoms with Crippen LogP contribution in [0.5, 0.6) is 0 Å². The van der Waals surface area contributed by atoms with E-state index in [0.29, 0.717) is 31.7 Å². The van der Waals surface area contributed by atoms with E-state index in [9.17, 15) is 9.59 Å². The number of aromatic nitrogens is 4. The number of thiazole rings is 2. The van der Waals surface area contributed by atoms with Gasteiger partial charge in [-0.1, -0.05) is 107 Å². The highest BCUT2D eigenvalue weighted by atomic mass is 32.1. The third-order valence-electron chi connectivity index (χ3n) is 9.71. The van der Waals surface area contributed by atoms with Crippen molar-refractivity contribution in [2.45, 2.75) is 20.3 Å². The van der Waals surface area contributed by atoms with Crippen LogP contribution in [0.2, 0.25) is 0 Å². The first kappa shape index (κ1) is 29.9. The Hall–Kier alpha value is -5.96. The highest BCUT2D eigenvalue weighted by Gasteiger charge is 2.15. The van der Waals surface area contributed by atoms with E-state index < -0.39 is 0 Å². The molecule has 6 aromatic carbocycles. The summed E-state index contributed by atoms with van der Waals surface area (Å²) in [6.07, 6.45) is 0.725. The van der Waals surface area contributed by atoms with Gasteiger partial charge in [0.25, 0.3) is 11.1 Å². The van der Waals surface area contributed by atoms with Gasteiger partial charge in [-0.15, -0.1) is 0 Å². The van der Waals surface area contributed by atoms with Crippen molar-refractivity contribution in [3.8, 4) is 22.3 Å². The van der Waals surface area contributed by atoms with Crippen molar-refractivity contribution < 1.29 is 0 Å². The Morgan fingerprint density at radius 3 is 1.82 bits per heavy atom. The fraction of sp³-hybridized carbons (Fsp3) is 0.0698. The molecule has 0 spiro atoms. The highest BCUT2D eigenvalue weighted by Crippen LogP contribution is 2.31. The van der Waals surface area contributed by atoms with E-state index in [0.717, 1.165) is 60.2 Å². The minimum Gasteiger partial charge on any atom is -0.268 e. The van der Waals surface area contributed by atoms with Crippen LogP contribution >= 0.6 is 22.7 Å². The molecule has 51 heavy (non-hydrogen) atoms. The molecule has 4 aromatic heterocycles. The Kier molecular flexibility index (Phi) is 6.62. The molecule has 4 heterocycles. The van der Waals surface area contributed by atoms with Crippen LogP contribution in [-0.4, -0.2) is 18.8 Å². The SMILES string of the molecule is Cc1ccc(-c2ccc3nc4sc5cc(Cc6cc(C)cc(-c7ccc8nc9sc%10ccccc%10n9c(=O)c8c7)c6)ccc5n4c(=O)c3c2)cc1. The Balaban J connectivity index is 1.01. The average molecular weight is 697 g/mol. The second-order valence-corrected chi connectivity index (χ2v) is 15.3. The minimum atomic E-state index is -0.0515. The lowest BCUT2D eigenvalue weighted by molar-refractivity contribution is 1.15. The van der Waals surface area contributed by atoms with E-state index in [1.165, 1.54) is 22.5 Å². The summed E-state index contributed by atoms with van der Waals surface area (Å²) in [6.45, 7) is 4.17. The van der Waals surface area contributed by atoms with Crippen LogP contribution in [0.4, 0.5) is 0 Å². The van der Waals surface area contributed by atoms with Crippen molar-refractivity contribution in [1.29, 1.82) is 0 Å². The molecule has 0 atom stereocenters. The van der Waals surface area contributed by atoms with E-state index >= 15 is 0 Å². The van der Waals surface area contributed by atoms with Gasteiger partial charge in [0.2, 0.25) is 0 Å². The number of aryl methyl sites for hydroxylation is 2. The molecular formula is C43H28N4O2S2. The Labute approximate surface area is 299 Å². The van der Waals surface area contributed by atoms with Gasteiger partial charge in [0.1, 0.15) is 0 Å². The molecule has 6 nitrogen and oxygen atoms in total. The summed E-state index contributed by atoms with van der Waals surface area (Å²) < 4.78 is 5.54. The standard InChI is InChI=1S/C43H28N4O2S2/c1-24-7-10-28(11-8-24)29-12-14-34-32(22-29)41(49)47-37-16-9-26(21-39(37)51-43(47)45-34)19-27-17-25(2)18-31(20-27)30-13-15-35-33(23-30)40(48)46-36-5-3-4-6-38(36)50-42(46)44-35/h3-18,20-23H,19H2,1-2H3. The summed E-state index contributed by atoms with van der Waals surface area (Å²) in [5.74, 6) is 0. The van der Waals surface area contributed by atoms with Gasteiger partial charge in [0, 0.05) is 0 Å². The van der Waals surface area contributed by atoms with Crippen molar-refractivity contribution in [3.63, 3.8) is 0 Å². The Morgan fingerprint density at radius 1 is 0.510 bits per heavy atom. The van der Waals surface area contributed by atoms with Crippen LogP contribution in [0, 0.1) is 13.8 Å². The topological polar surface area (TPSA) is 68.7 Å². The molecule has 0 amide bonds. The summed E-state index contributed by atoms with van der Waals surface area (Å²) in [4.78, 5) is 38.8. The van der Waals surface area contributed by atoms with Crippen molar-refractivity contribution in [3.05, 3.63) is 164 Å². The number of benzene rings is 6. The number of rotatable bonds is 4. The van der Waals surface area contributed by atoms with Crippen LogP contribution < -0.4 is 11.1 Å². The lowest BCUT2D eigenvalue weighted by atomic mass is 9.96. The lowest BCUT2D eigenvalue weighted by Gasteiger charge is -2.10. The third-order valence-corrected chi connectivity index (χ3v) is 11.7. The van der Waals surface area contributed by atoms with Crippen molar-refractivity contribution >= 4 is 74.8 Å². The van der Waals surface area contributed by atoms with Gasteiger partial charge >= 0.3 is 0 Å². The summed E-state index contributed by atoms with van der Waals surface area (Å²) in [6, 6.07) is 41.1. The maximum absolute atomic E-state index is 13.9. The molecule has 8 heteroatoms. The zero-order chi connectivity index (χ0) is 34.4. The fourth-order valence-corrected chi connectivity index (χ4v) is 9.34. The van der Waals surface area contributed by atoms with E-state index in [1.54, 1.807) is 20.1 Å². The van der Waals surface area contributed by atoms with Crippen LogP contribution in [-0.2, 0) is 6.42 Å². The number of para-hydroxylation sites is 1. The van der Waals surface area contributed by atoms with Crippen LogP contribution in [0.3, 0.4) is 0 Å². The van der Waals surface area contributed by atoms with Crippen LogP contribution in [0.25, 0.3) is 74.4 Å². The molecule has 10 rings (SSSR count). The fourth-order valence-electron chi connectivity index (χ4n) is 7.22. The zero-order valence-electron chi connectivity index (χ0n) is 27.7. The quantitative estimate of drug-likeness (QED) is 0.184. The van der Waals surface area contributed by atoms with Gasteiger partial charge in [-0.05, 0) is 102 Å². The van der Waals surface area contributed by atoms with Crippen molar-refractivity contribution in [2.75, 3.05) is 0 Å². The summed E-state index contributed by atoms with van der Waals surface area (Å²) in [5.41, 5.74) is 11.8. The number of hydrogen-bond acceptors (Lipinski definition) is 6. The molecule has 244 valence electrons. The Morgan fingerprint density at radius 2 is 1.12 bits per heavy atom. The van der Waals surface area contributed by atoms with Gasteiger partial charge in [0.05, 0.1) is 42.2 Å². The highest BCUT2D eigenvalue weighted by molar-refractivity contribution is 7.24. The average Bonchev–Trinajstić information content (AvgIpc) is 3.69. The largest absolute Gasteiger partial charge is 0.268 e.